The number of hydrogen-bond acceptors (Lipinski definition) is 15. The van der Waals surface area contributed by atoms with Crippen molar-refractivity contribution in [2.24, 2.45) is 0 Å². The maximum absolute atomic E-state index is 13.7. The summed E-state index contributed by atoms with van der Waals surface area (Å²) in [5.41, 5.74) is 6.32. The molecule has 6 N–H and O–H groups in total. The number of nitro benzene ring substituents is 2. The summed E-state index contributed by atoms with van der Waals surface area (Å²) in [6.45, 7) is 9.23. The van der Waals surface area contributed by atoms with Gasteiger partial charge in [-0.3, -0.25) is 29.3 Å². The van der Waals surface area contributed by atoms with E-state index in [2.05, 4.69) is 10.3 Å². The number of aliphatic hydroxyl groups is 2. The highest BCUT2D eigenvalue weighted by Crippen LogP contribution is 2.39. The van der Waals surface area contributed by atoms with Crippen LogP contribution in [0.25, 0.3) is 5.57 Å². The van der Waals surface area contributed by atoms with E-state index in [0.717, 1.165) is 36.4 Å². The minimum atomic E-state index is -5.27. The van der Waals surface area contributed by atoms with Crippen LogP contribution in [0.1, 0.15) is 61.2 Å². The first-order valence-corrected chi connectivity index (χ1v) is 29.3. The van der Waals surface area contributed by atoms with E-state index in [9.17, 15) is 73.2 Å². The Morgan fingerprint density at radius 1 is 0.584 bits per heavy atom. The first-order valence-electron chi connectivity index (χ1n) is 23.1. The number of nitro groups is 2. The molecule has 0 saturated heterocycles. The van der Waals surface area contributed by atoms with E-state index in [1.807, 2.05) is 0 Å². The van der Waals surface area contributed by atoms with Crippen molar-refractivity contribution in [1.82, 2.24) is 0 Å². The van der Waals surface area contributed by atoms with Crippen molar-refractivity contribution in [3.63, 3.8) is 0 Å². The number of benzene rings is 6. The minimum Gasteiger partial charge on any atom is -0.392 e. The van der Waals surface area contributed by atoms with E-state index in [1.54, 1.807) is 65.8 Å². The van der Waals surface area contributed by atoms with Crippen LogP contribution in [0.2, 0.25) is 0 Å². The molecule has 0 aliphatic heterocycles. The molecule has 402 valence electrons. The second-order valence-corrected chi connectivity index (χ2v) is 25.1. The van der Waals surface area contributed by atoms with E-state index in [-0.39, 0.29) is 54.6 Å². The summed E-state index contributed by atoms with van der Waals surface area (Å²) >= 11 is 0. The Morgan fingerprint density at radius 3 is 1.60 bits per heavy atom. The zero-order valence-corrected chi connectivity index (χ0v) is 45.3. The quantitative estimate of drug-likeness (QED) is 0.0299. The van der Waals surface area contributed by atoms with Crippen LogP contribution in [0, 0.1) is 61.8 Å². The molecule has 0 fully saturated rings. The van der Waals surface area contributed by atoms with Crippen molar-refractivity contribution in [3.8, 4) is 0 Å². The molecule has 6 aromatic carbocycles. The second kappa shape index (κ2) is 21.8. The molecule has 24 heteroatoms. The van der Waals surface area contributed by atoms with E-state index in [4.69, 9.17) is 0 Å². The van der Waals surface area contributed by atoms with Crippen molar-refractivity contribution in [3.05, 3.63) is 208 Å². The van der Waals surface area contributed by atoms with Gasteiger partial charge in [-0.25, -0.2) is 21.8 Å². The summed E-state index contributed by atoms with van der Waals surface area (Å²) in [6.07, 6.45) is 4.59. The van der Waals surface area contributed by atoms with E-state index in [0.29, 0.717) is 73.3 Å². The number of non-ortho nitro benzene ring substituents is 2. The van der Waals surface area contributed by atoms with Gasteiger partial charge < -0.3 is 15.5 Å². The highest BCUT2D eigenvalue weighted by molar-refractivity contribution is 7.91. The van der Waals surface area contributed by atoms with Gasteiger partial charge in [0, 0.05) is 69.5 Å². The summed E-state index contributed by atoms with van der Waals surface area (Å²) in [5.74, 6) is -0.917. The molecular weight excluding hydrogens is 1080 g/mol. The average molecular weight is 1130 g/mol. The average Bonchev–Trinajstić information content (AvgIpc) is 3.36. The molecular formula is C53H51N4O16S4+. The second-order valence-electron chi connectivity index (χ2n) is 18.3. The molecule has 77 heavy (non-hydrogen) atoms. The van der Waals surface area contributed by atoms with Gasteiger partial charge in [0.25, 0.3) is 31.6 Å². The number of hydrogen-bond donors (Lipinski definition) is 6. The third kappa shape index (κ3) is 12.2. The predicted molar refractivity (Wildman–Crippen MR) is 287 cm³/mol. The highest BCUT2D eigenvalue weighted by Gasteiger charge is 2.29. The predicted octanol–water partition coefficient (Wildman–Crippen LogP) is 7.17. The van der Waals surface area contributed by atoms with Crippen LogP contribution in [0.3, 0.4) is 0 Å². The lowest BCUT2D eigenvalue weighted by Gasteiger charge is -2.22. The highest BCUT2D eigenvalue weighted by atomic mass is 32.2. The van der Waals surface area contributed by atoms with Crippen LogP contribution in [0.15, 0.2) is 146 Å². The van der Waals surface area contributed by atoms with Gasteiger partial charge in [-0.1, -0.05) is 18.2 Å². The van der Waals surface area contributed by atoms with E-state index >= 15 is 0 Å². The summed E-state index contributed by atoms with van der Waals surface area (Å²) in [4.78, 5) is 22.4. The molecule has 20 nitrogen and oxygen atoms in total. The maximum Gasteiger partial charge on any atom is 0.295 e. The molecule has 1 aliphatic rings. The molecule has 0 spiro atoms. The topological polar surface area (TPSA) is 330 Å². The van der Waals surface area contributed by atoms with Gasteiger partial charge >= 0.3 is 0 Å². The Bertz CT molecular complexity index is 4060. The van der Waals surface area contributed by atoms with Crippen LogP contribution < -0.4 is 10.3 Å². The molecule has 1 aliphatic carbocycles. The fourth-order valence-corrected chi connectivity index (χ4v) is 13.6. The van der Waals surface area contributed by atoms with Crippen LogP contribution in [0.5, 0.6) is 0 Å². The third-order valence-electron chi connectivity index (χ3n) is 13.2. The molecule has 0 heterocycles. The van der Waals surface area contributed by atoms with Crippen LogP contribution >= 0.6 is 0 Å². The lowest BCUT2D eigenvalue weighted by molar-refractivity contribution is -0.385. The van der Waals surface area contributed by atoms with Crippen molar-refractivity contribution >= 4 is 79.6 Å². The minimum absolute atomic E-state index is 0.0323. The number of rotatable bonds is 17. The molecule has 0 aromatic heterocycles. The fraction of sp³-hybridized carbons (Fsp3) is 0.189. The lowest BCUT2D eigenvalue weighted by Crippen LogP contribution is -2.67. The number of nitrogens with zero attached hydrogens (tertiary/aromatic N) is 2. The van der Waals surface area contributed by atoms with Gasteiger partial charge in [0.1, 0.15) is 4.90 Å². The van der Waals surface area contributed by atoms with Gasteiger partial charge in [0.05, 0.1) is 49.3 Å². The van der Waals surface area contributed by atoms with E-state index in [1.165, 1.54) is 48.6 Å². The van der Waals surface area contributed by atoms with Crippen molar-refractivity contribution < 1.29 is 67.8 Å². The molecule has 0 unspecified atom stereocenters. The van der Waals surface area contributed by atoms with Gasteiger partial charge in [-0.15, -0.1) is 0 Å². The van der Waals surface area contributed by atoms with Crippen LogP contribution in [-0.2, 0) is 58.0 Å². The van der Waals surface area contributed by atoms with Crippen LogP contribution in [0.4, 0.5) is 28.4 Å². The number of sulfone groups is 2. The number of allylic oxidation sites excluding steroid dienone is 4. The van der Waals surface area contributed by atoms with Gasteiger partial charge in [-0.2, -0.15) is 16.8 Å². The smallest absolute Gasteiger partial charge is 0.295 e. The fourth-order valence-electron chi connectivity index (χ4n) is 9.21. The van der Waals surface area contributed by atoms with Gasteiger partial charge in [0.15, 0.2) is 19.7 Å². The summed E-state index contributed by atoms with van der Waals surface area (Å²) in [5, 5.41) is 47.6. The van der Waals surface area contributed by atoms with Gasteiger partial charge in [-0.05, 0) is 158 Å². The van der Waals surface area contributed by atoms with E-state index < -0.39 is 84.3 Å². The standard InChI is InChI=1S/C53H50N4O16S4/c1-30-21-32(3)52(34(5)46(30)28-74(64,65)42-13-9-40(10-14-42)56(60)61)54-48-19-7-36(23-38(48)26-58)51(45-18-17-44(76(68,69)70)25-50(45)77(71,72)73)37-8-20-49(39(24-37)27-59)55-53-33(4)22-31(2)47(35(53)6)29-75(66,67)43-15-11-41(12-16-43)57(62)63/h7-25,54,58-59H,26-29H2,1-6H3,(H,68,69,70)(H,71,72,73)/p+1. The largest absolute Gasteiger partial charge is 0.392 e. The molecule has 0 saturated carbocycles. The van der Waals surface area contributed by atoms with Crippen molar-refractivity contribution in [1.29, 1.82) is 0 Å². The Kier molecular flexibility index (Phi) is 16.2. The first kappa shape index (κ1) is 57.2. The SMILES string of the molecule is Cc1cc(C)c(Nc2ccc(C(=C3C=CC(=[NH+]c4c(C)cc(C)c(CS(=O)(=O)c5ccc([N+](=O)[O-])cc5)c4C)C(CO)=C3)c3ccc(S(=O)(=O)O)cc3S(=O)(=O)O)cc2CO)c(C)c1CS(=O)(=O)c1ccc([N+](=O)[O-])cc1. The number of aryl methyl sites for hydroxylation is 4. The normalized spacial score (nSPS) is 14.4. The maximum atomic E-state index is 13.7. The monoisotopic (exact) mass is 1130 g/mol. The Labute approximate surface area is 444 Å². The van der Waals surface area contributed by atoms with Crippen molar-refractivity contribution in [2.45, 2.75) is 79.2 Å². The molecule has 0 amide bonds. The summed E-state index contributed by atoms with van der Waals surface area (Å²) in [6, 6.07) is 19.8. The zero-order chi connectivity index (χ0) is 56.7. The number of anilines is 2. The molecule has 0 bridgehead atoms. The first-order chi connectivity index (χ1) is 35.9. The number of nitrogens with one attached hydrogen (secondary N) is 2. The Morgan fingerprint density at radius 2 is 1.10 bits per heavy atom. The molecule has 7 rings (SSSR count). The Hall–Kier alpha value is -7.55. The molecule has 0 radical (unpaired) electrons. The van der Waals surface area contributed by atoms with Crippen molar-refractivity contribution in [2.75, 3.05) is 11.9 Å². The molecule has 6 aromatic rings. The van der Waals surface area contributed by atoms with Gasteiger partial charge in [0.2, 0.25) is 11.4 Å². The summed E-state index contributed by atoms with van der Waals surface area (Å²) < 4.78 is 126. The number of aliphatic hydroxyl groups excluding tert-OH is 2. The zero-order valence-electron chi connectivity index (χ0n) is 42.0. The Balaban J connectivity index is 1.34. The third-order valence-corrected chi connectivity index (χ3v) is 18.3. The van der Waals surface area contributed by atoms with Crippen LogP contribution in [-0.4, -0.2) is 75.2 Å². The lowest BCUT2D eigenvalue weighted by atomic mass is 9.88. The molecule has 0 atom stereocenters. The summed E-state index contributed by atoms with van der Waals surface area (Å²) in [7, 11) is -18.3.